The molecule has 1 aliphatic rings. The lowest BCUT2D eigenvalue weighted by molar-refractivity contribution is 0.0950. The van der Waals surface area contributed by atoms with Gasteiger partial charge in [-0.15, -0.1) is 0 Å². The zero-order valence-corrected chi connectivity index (χ0v) is 11.2. The highest BCUT2D eigenvalue weighted by Crippen LogP contribution is 2.50. The monoisotopic (exact) mass is 258 g/mol. The van der Waals surface area contributed by atoms with Gasteiger partial charge < -0.3 is 10.4 Å². The normalized spacial score (nSPS) is 19.2. The number of aliphatic hydroxyl groups excluding tert-OH is 1. The number of nitrogens with zero attached hydrogens (tertiary/aromatic N) is 1. The maximum absolute atomic E-state index is 12.0. The standard InChI is InChI=1S/C15H18N2O2/c1-15(2)7-13(15)10-17-14(19)12-6-11(4-3-5-18)8-16-9-12/h6,8-9,13,18H,5,7,10H2,1-2H3,(H,17,19). The van der Waals surface area contributed by atoms with E-state index in [2.05, 4.69) is 36.0 Å². The number of rotatable bonds is 3. The molecule has 4 heteroatoms. The maximum Gasteiger partial charge on any atom is 0.252 e. The third kappa shape index (κ3) is 3.55. The molecule has 1 heterocycles. The molecule has 1 unspecified atom stereocenters. The second-order valence-electron chi connectivity index (χ2n) is 5.52. The van der Waals surface area contributed by atoms with Crippen molar-refractivity contribution in [2.75, 3.05) is 13.2 Å². The molecule has 19 heavy (non-hydrogen) atoms. The molecule has 1 atom stereocenters. The minimum absolute atomic E-state index is 0.122. The molecule has 4 nitrogen and oxygen atoms in total. The van der Waals surface area contributed by atoms with E-state index in [0.717, 1.165) is 6.42 Å². The zero-order valence-electron chi connectivity index (χ0n) is 11.2. The Bertz CT molecular complexity index is 541. The predicted octanol–water partition coefficient (Wildman–Crippen LogP) is 1.20. The number of amides is 1. The minimum atomic E-state index is -0.201. The van der Waals surface area contributed by atoms with Crippen molar-refractivity contribution in [1.82, 2.24) is 10.3 Å². The van der Waals surface area contributed by atoms with Gasteiger partial charge in [0.05, 0.1) is 5.56 Å². The zero-order chi connectivity index (χ0) is 13.9. The molecule has 0 spiro atoms. The van der Waals surface area contributed by atoms with Crippen molar-refractivity contribution in [3.8, 4) is 11.8 Å². The van der Waals surface area contributed by atoms with Crippen LogP contribution in [0.25, 0.3) is 0 Å². The molecular weight excluding hydrogens is 240 g/mol. The van der Waals surface area contributed by atoms with Crippen LogP contribution in [0.3, 0.4) is 0 Å². The lowest BCUT2D eigenvalue weighted by Crippen LogP contribution is -2.26. The van der Waals surface area contributed by atoms with Gasteiger partial charge in [-0.05, 0) is 23.8 Å². The summed E-state index contributed by atoms with van der Waals surface area (Å²) in [5, 5.41) is 11.6. The second-order valence-corrected chi connectivity index (χ2v) is 5.52. The number of pyridine rings is 1. The van der Waals surface area contributed by atoms with E-state index in [1.54, 1.807) is 12.3 Å². The third-order valence-electron chi connectivity index (χ3n) is 3.54. The van der Waals surface area contributed by atoms with Gasteiger partial charge in [0.15, 0.2) is 0 Å². The highest BCUT2D eigenvalue weighted by molar-refractivity contribution is 5.94. The molecule has 1 fully saturated rings. The summed E-state index contributed by atoms with van der Waals surface area (Å²) >= 11 is 0. The first-order valence-corrected chi connectivity index (χ1v) is 6.36. The predicted molar refractivity (Wildman–Crippen MR) is 72.4 cm³/mol. The van der Waals surface area contributed by atoms with Gasteiger partial charge in [0.2, 0.25) is 0 Å². The average Bonchev–Trinajstić information content (AvgIpc) is 3.01. The highest BCUT2D eigenvalue weighted by atomic mass is 16.2. The Labute approximate surface area is 113 Å². The minimum Gasteiger partial charge on any atom is -0.384 e. The van der Waals surface area contributed by atoms with Gasteiger partial charge >= 0.3 is 0 Å². The molecule has 2 N–H and O–H groups in total. The van der Waals surface area contributed by atoms with Crippen LogP contribution in [0.4, 0.5) is 0 Å². The summed E-state index contributed by atoms with van der Waals surface area (Å²) in [6, 6.07) is 1.68. The Balaban J connectivity index is 1.95. The summed E-state index contributed by atoms with van der Waals surface area (Å²) in [7, 11) is 0. The molecule has 0 radical (unpaired) electrons. The van der Waals surface area contributed by atoms with Crippen LogP contribution < -0.4 is 5.32 Å². The Morgan fingerprint density at radius 2 is 2.32 bits per heavy atom. The fourth-order valence-corrected chi connectivity index (χ4v) is 2.02. The van der Waals surface area contributed by atoms with E-state index in [1.165, 1.54) is 6.20 Å². The molecule has 100 valence electrons. The van der Waals surface area contributed by atoms with Crippen LogP contribution in [-0.4, -0.2) is 29.1 Å². The first-order valence-electron chi connectivity index (χ1n) is 6.36. The number of aromatic nitrogens is 1. The molecule has 1 aromatic heterocycles. The quantitative estimate of drug-likeness (QED) is 0.801. The number of aliphatic hydroxyl groups is 1. The number of hydrogen-bond acceptors (Lipinski definition) is 3. The van der Waals surface area contributed by atoms with Crippen LogP contribution in [0.2, 0.25) is 0 Å². The van der Waals surface area contributed by atoms with E-state index >= 15 is 0 Å². The Hall–Kier alpha value is -1.86. The maximum atomic E-state index is 12.0. The van der Waals surface area contributed by atoms with E-state index in [9.17, 15) is 4.79 Å². The number of hydrogen-bond donors (Lipinski definition) is 2. The van der Waals surface area contributed by atoms with Crippen LogP contribution in [0.1, 0.15) is 36.2 Å². The highest BCUT2D eigenvalue weighted by Gasteiger charge is 2.45. The SMILES string of the molecule is CC1(C)CC1CNC(=O)c1cncc(C#CCO)c1. The average molecular weight is 258 g/mol. The van der Waals surface area contributed by atoms with Gasteiger partial charge in [0, 0.05) is 24.5 Å². The van der Waals surface area contributed by atoms with Crippen LogP contribution in [-0.2, 0) is 0 Å². The molecule has 1 saturated carbocycles. The molecule has 0 aromatic carbocycles. The summed E-state index contributed by atoms with van der Waals surface area (Å²) in [6.45, 7) is 4.92. The van der Waals surface area contributed by atoms with E-state index in [4.69, 9.17) is 5.11 Å². The summed E-state index contributed by atoms with van der Waals surface area (Å²) in [6.07, 6.45) is 4.26. The van der Waals surface area contributed by atoms with E-state index in [0.29, 0.717) is 29.0 Å². The van der Waals surface area contributed by atoms with Crippen molar-refractivity contribution >= 4 is 5.91 Å². The van der Waals surface area contributed by atoms with Crippen LogP contribution in [0.5, 0.6) is 0 Å². The fraction of sp³-hybridized carbons (Fsp3) is 0.467. The van der Waals surface area contributed by atoms with Gasteiger partial charge in [-0.1, -0.05) is 25.7 Å². The van der Waals surface area contributed by atoms with E-state index in [-0.39, 0.29) is 12.5 Å². The second kappa shape index (κ2) is 5.41. The van der Waals surface area contributed by atoms with Crippen molar-refractivity contribution in [2.45, 2.75) is 20.3 Å². The molecular formula is C15H18N2O2. The third-order valence-corrected chi connectivity index (χ3v) is 3.54. The molecule has 0 bridgehead atoms. The van der Waals surface area contributed by atoms with Gasteiger partial charge in [-0.25, -0.2) is 0 Å². The summed E-state index contributed by atoms with van der Waals surface area (Å²) in [5.74, 6) is 5.72. The Morgan fingerprint density at radius 3 is 2.95 bits per heavy atom. The largest absolute Gasteiger partial charge is 0.384 e. The first-order chi connectivity index (χ1) is 9.03. The van der Waals surface area contributed by atoms with Gasteiger partial charge in [-0.3, -0.25) is 9.78 Å². The molecule has 0 aliphatic heterocycles. The number of carbonyl (C=O) groups is 1. The van der Waals surface area contributed by atoms with Gasteiger partial charge in [-0.2, -0.15) is 0 Å². The van der Waals surface area contributed by atoms with Crippen LogP contribution >= 0.6 is 0 Å². The van der Waals surface area contributed by atoms with E-state index < -0.39 is 0 Å². The topological polar surface area (TPSA) is 62.2 Å². The molecule has 1 amide bonds. The van der Waals surface area contributed by atoms with Crippen LogP contribution in [0.15, 0.2) is 18.5 Å². The van der Waals surface area contributed by atoms with Crippen molar-refractivity contribution in [3.05, 3.63) is 29.6 Å². The Kier molecular flexibility index (Phi) is 3.87. The first kappa shape index (κ1) is 13.6. The number of nitrogens with one attached hydrogen (secondary N) is 1. The lowest BCUT2D eigenvalue weighted by atomic mass is 10.1. The van der Waals surface area contributed by atoms with Crippen molar-refractivity contribution in [2.24, 2.45) is 11.3 Å². The number of carbonyl (C=O) groups excluding carboxylic acids is 1. The Morgan fingerprint density at radius 1 is 1.58 bits per heavy atom. The summed E-state index contributed by atoms with van der Waals surface area (Å²) in [4.78, 5) is 16.0. The molecule has 1 aliphatic carbocycles. The van der Waals surface area contributed by atoms with Crippen molar-refractivity contribution in [3.63, 3.8) is 0 Å². The van der Waals surface area contributed by atoms with E-state index in [1.807, 2.05) is 0 Å². The van der Waals surface area contributed by atoms with Crippen molar-refractivity contribution in [1.29, 1.82) is 0 Å². The van der Waals surface area contributed by atoms with Crippen LogP contribution in [0, 0.1) is 23.2 Å². The summed E-state index contributed by atoms with van der Waals surface area (Å²) in [5.41, 5.74) is 1.50. The van der Waals surface area contributed by atoms with Gasteiger partial charge in [0.1, 0.15) is 6.61 Å². The smallest absolute Gasteiger partial charge is 0.252 e. The lowest BCUT2D eigenvalue weighted by Gasteiger charge is -2.06. The molecule has 0 saturated heterocycles. The molecule has 1 aromatic rings. The fourth-order valence-electron chi connectivity index (χ4n) is 2.02. The summed E-state index contributed by atoms with van der Waals surface area (Å²) < 4.78 is 0. The molecule has 2 rings (SSSR count). The van der Waals surface area contributed by atoms with Gasteiger partial charge in [0.25, 0.3) is 5.91 Å². The van der Waals surface area contributed by atoms with Crippen molar-refractivity contribution < 1.29 is 9.90 Å².